The largest absolute Gasteiger partial charge is 0.493 e. The van der Waals surface area contributed by atoms with Gasteiger partial charge in [0.15, 0.2) is 9.84 Å². The highest BCUT2D eigenvalue weighted by atomic mass is 32.2. The van der Waals surface area contributed by atoms with Crippen LogP contribution >= 0.6 is 0 Å². The van der Waals surface area contributed by atoms with E-state index in [9.17, 15) is 8.42 Å². The second-order valence-corrected chi connectivity index (χ2v) is 9.22. The number of piperidine rings is 1. The van der Waals surface area contributed by atoms with Gasteiger partial charge in [-0.1, -0.05) is 18.2 Å². The minimum atomic E-state index is -3.27. The lowest BCUT2D eigenvalue weighted by molar-refractivity contribution is 0.223. The molecular weight excluding hydrogens is 374 g/mol. The Balaban J connectivity index is 1.47. The Labute approximate surface area is 165 Å². The van der Waals surface area contributed by atoms with Gasteiger partial charge in [-0.05, 0) is 49.1 Å². The normalized spacial score (nSPS) is 15.7. The third-order valence-corrected chi connectivity index (χ3v) is 6.27. The number of rotatable bonds is 5. The fourth-order valence-electron chi connectivity index (χ4n) is 3.55. The summed E-state index contributed by atoms with van der Waals surface area (Å²) in [5.74, 6) is 2.20. The number of ether oxygens (including phenoxy) is 1. The molecule has 0 spiro atoms. The highest BCUT2D eigenvalue weighted by Gasteiger charge is 2.23. The number of aromatic nitrogens is 2. The van der Waals surface area contributed by atoms with Crippen molar-refractivity contribution >= 4 is 26.6 Å². The van der Waals surface area contributed by atoms with Gasteiger partial charge in [-0.3, -0.25) is 0 Å². The van der Waals surface area contributed by atoms with Crippen LogP contribution in [0.15, 0.2) is 59.8 Å². The van der Waals surface area contributed by atoms with E-state index in [-0.39, 0.29) is 0 Å². The van der Waals surface area contributed by atoms with Gasteiger partial charge in [-0.2, -0.15) is 0 Å². The predicted molar refractivity (Wildman–Crippen MR) is 110 cm³/mol. The van der Waals surface area contributed by atoms with E-state index in [4.69, 9.17) is 4.74 Å². The molecule has 0 atom stereocenters. The van der Waals surface area contributed by atoms with Crippen molar-refractivity contribution in [1.29, 1.82) is 0 Å². The van der Waals surface area contributed by atoms with Crippen molar-refractivity contribution < 1.29 is 13.2 Å². The summed E-state index contributed by atoms with van der Waals surface area (Å²) in [6.07, 6.45) is 4.77. The molecule has 1 saturated heterocycles. The summed E-state index contributed by atoms with van der Waals surface area (Å²) in [6, 6.07) is 14.9. The summed E-state index contributed by atoms with van der Waals surface area (Å²) in [5, 5.41) is 0.782. The maximum absolute atomic E-state index is 11.9. The molecule has 0 saturated carbocycles. The zero-order valence-corrected chi connectivity index (χ0v) is 16.6. The molecule has 1 fully saturated rings. The number of benzene rings is 2. The monoisotopic (exact) mass is 397 g/mol. The Kier molecular flexibility index (Phi) is 5.17. The van der Waals surface area contributed by atoms with Crippen molar-refractivity contribution in [1.82, 2.24) is 9.97 Å². The third kappa shape index (κ3) is 4.09. The summed E-state index contributed by atoms with van der Waals surface area (Å²) in [4.78, 5) is 11.3. The summed E-state index contributed by atoms with van der Waals surface area (Å²) in [7, 11) is -3.27. The van der Waals surface area contributed by atoms with Gasteiger partial charge < -0.3 is 9.64 Å². The van der Waals surface area contributed by atoms with Crippen molar-refractivity contribution in [3.05, 3.63) is 54.9 Å². The molecule has 0 bridgehead atoms. The van der Waals surface area contributed by atoms with Crippen LogP contribution in [0.2, 0.25) is 0 Å². The van der Waals surface area contributed by atoms with Crippen molar-refractivity contribution in [2.45, 2.75) is 17.7 Å². The highest BCUT2D eigenvalue weighted by molar-refractivity contribution is 7.90. The van der Waals surface area contributed by atoms with Gasteiger partial charge in [0.25, 0.3) is 0 Å². The first-order chi connectivity index (χ1) is 13.5. The fourth-order valence-corrected chi connectivity index (χ4v) is 4.19. The molecule has 7 heteroatoms. The Morgan fingerprint density at radius 1 is 1.07 bits per heavy atom. The molecule has 0 aliphatic carbocycles. The Morgan fingerprint density at radius 3 is 2.54 bits per heavy atom. The molecule has 6 nitrogen and oxygen atoms in total. The molecule has 0 radical (unpaired) electrons. The average Bonchev–Trinajstić information content (AvgIpc) is 2.72. The Bertz CT molecular complexity index is 1060. The number of nitrogens with zero attached hydrogens (tertiary/aromatic N) is 3. The van der Waals surface area contributed by atoms with Gasteiger partial charge in [0.2, 0.25) is 0 Å². The van der Waals surface area contributed by atoms with E-state index in [1.54, 1.807) is 24.5 Å². The number of hydrogen-bond donors (Lipinski definition) is 0. The molecule has 4 rings (SSSR count). The zero-order chi connectivity index (χ0) is 19.6. The molecule has 2 heterocycles. The predicted octanol–water partition coefficient (Wildman–Crippen LogP) is 3.33. The van der Waals surface area contributed by atoms with Gasteiger partial charge in [0.1, 0.15) is 17.9 Å². The van der Waals surface area contributed by atoms with Crippen LogP contribution < -0.4 is 9.64 Å². The van der Waals surface area contributed by atoms with Gasteiger partial charge in [0.05, 0.1) is 17.0 Å². The fraction of sp³-hybridized carbons (Fsp3) is 0.333. The van der Waals surface area contributed by atoms with Crippen molar-refractivity contribution in [3.63, 3.8) is 0 Å². The van der Waals surface area contributed by atoms with E-state index in [1.807, 2.05) is 30.3 Å². The van der Waals surface area contributed by atoms with Crippen LogP contribution in [0.4, 0.5) is 5.82 Å². The second kappa shape index (κ2) is 7.75. The molecule has 28 heavy (non-hydrogen) atoms. The molecule has 146 valence electrons. The van der Waals surface area contributed by atoms with Gasteiger partial charge in [-0.25, -0.2) is 18.4 Å². The van der Waals surface area contributed by atoms with Crippen LogP contribution in [0.1, 0.15) is 12.8 Å². The molecular formula is C21H23N3O3S. The highest BCUT2D eigenvalue weighted by Crippen LogP contribution is 2.29. The number of para-hydroxylation sites is 1. The molecule has 1 aliphatic heterocycles. The molecule has 1 aromatic heterocycles. The lowest BCUT2D eigenvalue weighted by atomic mass is 9.97. The van der Waals surface area contributed by atoms with Crippen LogP contribution in [0, 0.1) is 5.92 Å². The van der Waals surface area contributed by atoms with Gasteiger partial charge in [-0.15, -0.1) is 0 Å². The molecule has 1 aliphatic rings. The van der Waals surface area contributed by atoms with Gasteiger partial charge in [0, 0.05) is 24.7 Å². The maximum atomic E-state index is 11.9. The molecule has 0 N–H and O–H groups in total. The lowest BCUT2D eigenvalue weighted by Crippen LogP contribution is -2.36. The number of sulfone groups is 1. The maximum Gasteiger partial charge on any atom is 0.175 e. The summed E-state index contributed by atoms with van der Waals surface area (Å²) in [5.41, 5.74) is 0.756. The smallest absolute Gasteiger partial charge is 0.175 e. The second-order valence-electron chi connectivity index (χ2n) is 7.20. The SMILES string of the molecule is CS(=O)(=O)c1ccc2ncnc(N3CCC(COc4ccccc4)CC3)c2c1. The van der Waals surface area contributed by atoms with Crippen molar-refractivity contribution in [3.8, 4) is 5.75 Å². The van der Waals surface area contributed by atoms with Crippen LogP contribution in [-0.2, 0) is 9.84 Å². The Hall–Kier alpha value is -2.67. The standard InChI is InChI=1S/C21H23N3O3S/c1-28(25,26)18-7-8-20-19(13-18)21(23-15-22-20)24-11-9-16(10-12-24)14-27-17-5-3-2-4-6-17/h2-8,13,15-16H,9-12,14H2,1H3. The first kappa shape index (κ1) is 18.7. The number of fused-ring (bicyclic) bond motifs is 1. The van der Waals surface area contributed by atoms with E-state index in [1.165, 1.54) is 6.26 Å². The van der Waals surface area contributed by atoms with Gasteiger partial charge >= 0.3 is 0 Å². The Morgan fingerprint density at radius 2 is 1.82 bits per heavy atom. The summed E-state index contributed by atoms with van der Waals surface area (Å²) >= 11 is 0. The topological polar surface area (TPSA) is 72.4 Å². The zero-order valence-electron chi connectivity index (χ0n) is 15.8. The molecule has 0 amide bonds. The van der Waals surface area contributed by atoms with Crippen molar-refractivity contribution in [2.75, 3.05) is 30.9 Å². The lowest BCUT2D eigenvalue weighted by Gasteiger charge is -2.33. The molecule has 2 aromatic carbocycles. The van der Waals surface area contributed by atoms with E-state index in [0.29, 0.717) is 17.4 Å². The van der Waals surface area contributed by atoms with Crippen molar-refractivity contribution in [2.24, 2.45) is 5.92 Å². The van der Waals surface area contributed by atoms with Crippen LogP contribution in [0.25, 0.3) is 10.9 Å². The molecule has 3 aromatic rings. The quantitative estimate of drug-likeness (QED) is 0.658. The van der Waals surface area contributed by atoms with E-state index >= 15 is 0 Å². The summed E-state index contributed by atoms with van der Waals surface area (Å²) < 4.78 is 29.8. The van der Waals surface area contributed by atoms with Crippen LogP contribution in [-0.4, -0.2) is 44.3 Å². The number of hydrogen-bond acceptors (Lipinski definition) is 6. The first-order valence-electron chi connectivity index (χ1n) is 9.38. The number of anilines is 1. The van der Waals surface area contributed by atoms with E-state index in [0.717, 1.165) is 48.4 Å². The van der Waals surface area contributed by atoms with E-state index in [2.05, 4.69) is 14.9 Å². The molecule has 0 unspecified atom stereocenters. The summed E-state index contributed by atoms with van der Waals surface area (Å²) in [6.45, 7) is 2.43. The third-order valence-electron chi connectivity index (χ3n) is 5.16. The van der Waals surface area contributed by atoms with E-state index < -0.39 is 9.84 Å². The minimum absolute atomic E-state index is 0.294. The van der Waals surface area contributed by atoms with Crippen LogP contribution in [0.3, 0.4) is 0 Å². The average molecular weight is 398 g/mol. The first-order valence-corrected chi connectivity index (χ1v) is 11.3. The minimum Gasteiger partial charge on any atom is -0.493 e. The van der Waals surface area contributed by atoms with Crippen LogP contribution in [0.5, 0.6) is 5.75 Å².